The minimum absolute atomic E-state index is 0.210. The molecule has 1 N–H and O–H groups in total. The highest BCUT2D eigenvalue weighted by molar-refractivity contribution is 7.51. The van der Waals surface area contributed by atoms with Crippen LogP contribution < -0.4 is 0 Å². The van der Waals surface area contributed by atoms with Gasteiger partial charge in [-0.3, -0.25) is 9.09 Å². The number of ether oxygens (including phenoxy) is 3. The summed E-state index contributed by atoms with van der Waals surface area (Å²) >= 11 is 0. The van der Waals surface area contributed by atoms with Gasteiger partial charge >= 0.3 is 7.60 Å². The van der Waals surface area contributed by atoms with Crippen molar-refractivity contribution in [3.05, 3.63) is 0 Å². The van der Waals surface area contributed by atoms with Crippen LogP contribution in [0.2, 0.25) is 0 Å². The Labute approximate surface area is 95.1 Å². The third-order valence-corrected chi connectivity index (χ3v) is 3.35. The van der Waals surface area contributed by atoms with Crippen molar-refractivity contribution in [3.63, 3.8) is 0 Å². The molecule has 0 aromatic carbocycles. The summed E-state index contributed by atoms with van der Waals surface area (Å²) in [5, 5.41) is 0. The molecule has 0 spiro atoms. The number of fused-ring (bicyclic) bond motifs is 2. The maximum Gasteiger partial charge on any atom is 0.325 e. The van der Waals surface area contributed by atoms with Crippen LogP contribution in [0, 0.1) is 0 Å². The SMILES string of the molecule is [B][C@@H]1OC2(COC)CO[C@H]1[C@H]2OP(C)(=O)O. The van der Waals surface area contributed by atoms with E-state index in [1.807, 2.05) is 0 Å². The van der Waals surface area contributed by atoms with Gasteiger partial charge in [-0.15, -0.1) is 0 Å². The van der Waals surface area contributed by atoms with E-state index in [1.54, 1.807) is 0 Å². The molecule has 2 aliphatic rings. The van der Waals surface area contributed by atoms with Crippen molar-refractivity contribution in [3.8, 4) is 0 Å². The predicted molar refractivity (Wildman–Crippen MR) is 55.6 cm³/mol. The Morgan fingerprint density at radius 3 is 2.88 bits per heavy atom. The molecule has 6 nitrogen and oxygen atoms in total. The topological polar surface area (TPSA) is 74.2 Å². The molecular weight excluding hydrogens is 234 g/mol. The highest BCUT2D eigenvalue weighted by Crippen LogP contribution is 2.49. The molecule has 90 valence electrons. The van der Waals surface area contributed by atoms with Gasteiger partial charge in [0.1, 0.15) is 25.7 Å². The molecule has 2 heterocycles. The molecule has 2 radical (unpaired) electrons. The van der Waals surface area contributed by atoms with Gasteiger partial charge in [0.05, 0.1) is 13.2 Å². The van der Waals surface area contributed by atoms with E-state index < -0.39 is 31.4 Å². The fourth-order valence-corrected chi connectivity index (χ4v) is 2.91. The first-order chi connectivity index (χ1) is 7.38. The van der Waals surface area contributed by atoms with Crippen LogP contribution in [0.25, 0.3) is 0 Å². The summed E-state index contributed by atoms with van der Waals surface area (Å²) in [6.07, 6.45) is -1.18. The summed E-state index contributed by atoms with van der Waals surface area (Å²) < 4.78 is 32.3. The zero-order valence-electron chi connectivity index (χ0n) is 9.16. The molecule has 2 unspecified atom stereocenters. The van der Waals surface area contributed by atoms with Gasteiger partial charge < -0.3 is 19.1 Å². The van der Waals surface area contributed by atoms with Gasteiger partial charge in [-0.2, -0.15) is 0 Å². The van der Waals surface area contributed by atoms with Crippen LogP contribution in [0.4, 0.5) is 0 Å². The molecule has 16 heavy (non-hydrogen) atoms. The van der Waals surface area contributed by atoms with Gasteiger partial charge in [0, 0.05) is 19.8 Å². The molecule has 2 aliphatic heterocycles. The smallest absolute Gasteiger partial charge is 0.325 e. The molecule has 2 saturated heterocycles. The Morgan fingerprint density at radius 1 is 1.69 bits per heavy atom. The summed E-state index contributed by atoms with van der Waals surface area (Å²) in [5.41, 5.74) is -0.868. The minimum atomic E-state index is -3.61. The Morgan fingerprint density at radius 2 is 2.38 bits per heavy atom. The molecular formula is C8H14BO6P. The van der Waals surface area contributed by atoms with E-state index in [4.69, 9.17) is 26.6 Å². The molecule has 2 rings (SSSR count). The summed E-state index contributed by atoms with van der Waals surface area (Å²) in [7, 11) is 3.59. The van der Waals surface area contributed by atoms with Crippen LogP contribution in [-0.4, -0.2) is 63.5 Å². The number of hydrogen-bond donors (Lipinski definition) is 1. The van der Waals surface area contributed by atoms with E-state index in [0.717, 1.165) is 6.66 Å². The number of rotatable bonds is 4. The van der Waals surface area contributed by atoms with E-state index in [1.165, 1.54) is 7.11 Å². The van der Waals surface area contributed by atoms with Gasteiger partial charge in [0.2, 0.25) is 0 Å². The van der Waals surface area contributed by atoms with Gasteiger partial charge in [-0.1, -0.05) is 0 Å². The van der Waals surface area contributed by atoms with Crippen molar-refractivity contribution < 1.29 is 28.2 Å². The fourth-order valence-electron chi connectivity index (χ4n) is 2.18. The second-order valence-electron chi connectivity index (χ2n) is 4.18. The maximum atomic E-state index is 11.3. The van der Waals surface area contributed by atoms with Crippen molar-refractivity contribution in [1.82, 2.24) is 0 Å². The summed E-state index contributed by atoms with van der Waals surface area (Å²) in [4.78, 5) is 9.25. The lowest BCUT2D eigenvalue weighted by atomic mass is 9.92. The average molecular weight is 248 g/mol. The fraction of sp³-hybridized carbons (Fsp3) is 1.00. The molecule has 0 aromatic heterocycles. The quantitative estimate of drug-likeness (QED) is 0.533. The van der Waals surface area contributed by atoms with Crippen molar-refractivity contribution in [1.29, 1.82) is 0 Å². The lowest BCUT2D eigenvalue weighted by Crippen LogP contribution is -2.45. The number of methoxy groups -OCH3 is 1. The first-order valence-corrected chi connectivity index (χ1v) is 6.93. The summed E-state index contributed by atoms with van der Waals surface area (Å²) in [6, 6.07) is -0.652. The Balaban J connectivity index is 2.19. The predicted octanol–water partition coefficient (Wildman–Crippen LogP) is -0.504. The van der Waals surface area contributed by atoms with Gasteiger partial charge in [-0.05, 0) is 0 Å². The normalized spacial score (nSPS) is 45.8. The molecule has 0 aromatic rings. The van der Waals surface area contributed by atoms with Crippen LogP contribution in [0.1, 0.15) is 0 Å². The Bertz CT molecular complexity index is 320. The lowest BCUT2D eigenvalue weighted by Gasteiger charge is -2.30. The van der Waals surface area contributed by atoms with E-state index in [0.29, 0.717) is 0 Å². The van der Waals surface area contributed by atoms with Crippen molar-refractivity contribution >= 4 is 15.4 Å². The highest BCUT2D eigenvalue weighted by atomic mass is 31.2. The van der Waals surface area contributed by atoms with Crippen molar-refractivity contribution in [2.45, 2.75) is 23.8 Å². The molecule has 0 saturated carbocycles. The van der Waals surface area contributed by atoms with Crippen molar-refractivity contribution in [2.24, 2.45) is 0 Å². The molecule has 2 fully saturated rings. The standard InChI is InChI=1S/C8H14BO6P/c1-12-3-8-4-13-5(7(9)14-8)6(8)15-16(2,10)11/h5-7H,3-4H2,1-2H3,(H,10,11)/t5-,6+,7+,8?/m0/s1. The maximum absolute atomic E-state index is 11.3. The first-order valence-electron chi connectivity index (χ1n) is 4.90. The molecule has 5 atom stereocenters. The zero-order valence-corrected chi connectivity index (χ0v) is 10.1. The van der Waals surface area contributed by atoms with E-state index in [-0.39, 0.29) is 13.2 Å². The van der Waals surface area contributed by atoms with Crippen LogP contribution in [0.15, 0.2) is 0 Å². The van der Waals surface area contributed by atoms with E-state index in [2.05, 4.69) is 0 Å². The van der Waals surface area contributed by atoms with Crippen LogP contribution in [-0.2, 0) is 23.3 Å². The molecule has 2 bridgehead atoms. The third kappa shape index (κ3) is 2.08. The van der Waals surface area contributed by atoms with Gasteiger partial charge in [0.25, 0.3) is 0 Å². The summed E-state index contributed by atoms with van der Waals surface area (Å²) in [6.45, 7) is 1.59. The lowest BCUT2D eigenvalue weighted by molar-refractivity contribution is -0.141. The first kappa shape index (κ1) is 12.5. The summed E-state index contributed by atoms with van der Waals surface area (Å²) in [5.74, 6) is 0. The zero-order chi connectivity index (χ0) is 12.0. The monoisotopic (exact) mass is 248 g/mol. The second-order valence-corrected chi connectivity index (χ2v) is 6.00. The average Bonchev–Trinajstić information content (AvgIpc) is 2.54. The highest BCUT2D eigenvalue weighted by Gasteiger charge is 2.61. The van der Waals surface area contributed by atoms with Crippen LogP contribution in [0.3, 0.4) is 0 Å². The van der Waals surface area contributed by atoms with E-state index >= 15 is 0 Å². The largest absolute Gasteiger partial charge is 0.381 e. The van der Waals surface area contributed by atoms with E-state index in [9.17, 15) is 9.46 Å². The third-order valence-electron chi connectivity index (χ3n) is 2.73. The Kier molecular flexibility index (Phi) is 3.20. The van der Waals surface area contributed by atoms with Crippen molar-refractivity contribution in [2.75, 3.05) is 27.0 Å². The minimum Gasteiger partial charge on any atom is -0.381 e. The molecule has 0 aliphatic carbocycles. The second kappa shape index (κ2) is 4.08. The molecule has 0 amide bonds. The van der Waals surface area contributed by atoms with Gasteiger partial charge in [0.15, 0.2) is 0 Å². The van der Waals surface area contributed by atoms with Gasteiger partial charge in [-0.25, -0.2) is 0 Å². The molecule has 8 heteroatoms. The number of hydrogen-bond acceptors (Lipinski definition) is 5. The Hall–Kier alpha value is 0.0949. The van der Waals surface area contributed by atoms with Crippen LogP contribution >= 0.6 is 7.60 Å². The van der Waals surface area contributed by atoms with Crippen LogP contribution in [0.5, 0.6) is 0 Å².